The van der Waals surface area contributed by atoms with Gasteiger partial charge in [0.1, 0.15) is 17.3 Å². The maximum absolute atomic E-state index is 12.2. The van der Waals surface area contributed by atoms with E-state index in [0.29, 0.717) is 30.3 Å². The van der Waals surface area contributed by atoms with Crippen LogP contribution in [-0.4, -0.2) is 35.2 Å². The minimum atomic E-state index is -0.170. The quantitative estimate of drug-likeness (QED) is 0.243. The first-order valence-electron chi connectivity index (χ1n) is 12.3. The smallest absolute Gasteiger partial charge is 0.257 e. The van der Waals surface area contributed by atoms with Crippen molar-refractivity contribution in [3.05, 3.63) is 88.7 Å². The van der Waals surface area contributed by atoms with Crippen LogP contribution in [0.4, 0.5) is 0 Å². The second-order valence-electron chi connectivity index (χ2n) is 8.89. The van der Waals surface area contributed by atoms with E-state index in [4.69, 9.17) is 26.1 Å². The number of nitrogens with one attached hydrogen (secondary N) is 1. The van der Waals surface area contributed by atoms with Crippen LogP contribution in [0.25, 0.3) is 11.0 Å². The SMILES string of the molecule is Cc1cc(C)cc(OCCCCn2c(CCNC(=O)COc3ccc(Cl)cc3)nc3ccccc32)c1. The van der Waals surface area contributed by atoms with E-state index < -0.39 is 0 Å². The van der Waals surface area contributed by atoms with Crippen LogP contribution in [-0.2, 0) is 17.8 Å². The van der Waals surface area contributed by atoms with Gasteiger partial charge in [0.25, 0.3) is 5.91 Å². The number of aryl methyl sites for hydroxylation is 3. The fourth-order valence-electron chi connectivity index (χ4n) is 4.19. The minimum Gasteiger partial charge on any atom is -0.494 e. The Morgan fingerprint density at radius 3 is 2.47 bits per heavy atom. The number of rotatable bonds is 12. The zero-order valence-electron chi connectivity index (χ0n) is 20.8. The highest BCUT2D eigenvalue weighted by Crippen LogP contribution is 2.19. The third-order valence-electron chi connectivity index (χ3n) is 5.83. The molecule has 188 valence electrons. The van der Waals surface area contributed by atoms with Gasteiger partial charge in [-0.1, -0.05) is 29.8 Å². The van der Waals surface area contributed by atoms with Gasteiger partial charge in [-0.15, -0.1) is 0 Å². The van der Waals surface area contributed by atoms with Crippen LogP contribution in [0.1, 0.15) is 29.8 Å². The van der Waals surface area contributed by atoms with Crippen molar-refractivity contribution >= 4 is 28.5 Å². The van der Waals surface area contributed by atoms with E-state index in [2.05, 4.69) is 48.0 Å². The van der Waals surface area contributed by atoms with Crippen molar-refractivity contribution in [2.45, 2.75) is 39.7 Å². The lowest BCUT2D eigenvalue weighted by molar-refractivity contribution is -0.123. The Kier molecular flexibility index (Phi) is 8.85. The number of ether oxygens (including phenoxy) is 2. The van der Waals surface area contributed by atoms with Gasteiger partial charge >= 0.3 is 0 Å². The maximum Gasteiger partial charge on any atom is 0.257 e. The Bertz CT molecular complexity index is 1280. The monoisotopic (exact) mass is 505 g/mol. The molecular formula is C29H32ClN3O3. The second-order valence-corrected chi connectivity index (χ2v) is 9.33. The summed E-state index contributed by atoms with van der Waals surface area (Å²) in [6, 6.07) is 21.4. The third kappa shape index (κ3) is 7.25. The molecule has 0 atom stereocenters. The van der Waals surface area contributed by atoms with Crippen LogP contribution in [0.15, 0.2) is 66.7 Å². The average molecular weight is 506 g/mol. The molecule has 0 radical (unpaired) electrons. The lowest BCUT2D eigenvalue weighted by Crippen LogP contribution is -2.31. The third-order valence-corrected chi connectivity index (χ3v) is 6.08. The average Bonchev–Trinajstić information content (AvgIpc) is 3.20. The van der Waals surface area contributed by atoms with Gasteiger partial charge < -0.3 is 19.4 Å². The number of imidazole rings is 1. The molecule has 1 aromatic heterocycles. The summed E-state index contributed by atoms with van der Waals surface area (Å²) in [7, 11) is 0. The van der Waals surface area contributed by atoms with Crippen molar-refractivity contribution in [3.8, 4) is 11.5 Å². The zero-order valence-corrected chi connectivity index (χ0v) is 21.6. The van der Waals surface area contributed by atoms with E-state index in [1.54, 1.807) is 24.3 Å². The van der Waals surface area contributed by atoms with Crippen molar-refractivity contribution in [1.82, 2.24) is 14.9 Å². The number of para-hydroxylation sites is 2. The van der Waals surface area contributed by atoms with E-state index in [0.717, 1.165) is 42.0 Å². The first kappa shape index (κ1) is 25.6. The van der Waals surface area contributed by atoms with Crippen LogP contribution >= 0.6 is 11.6 Å². The minimum absolute atomic E-state index is 0.0431. The molecule has 0 unspecified atom stereocenters. The van der Waals surface area contributed by atoms with Crippen LogP contribution in [0.2, 0.25) is 5.02 Å². The Morgan fingerprint density at radius 2 is 1.69 bits per heavy atom. The molecule has 0 fully saturated rings. The van der Waals surface area contributed by atoms with E-state index >= 15 is 0 Å². The summed E-state index contributed by atoms with van der Waals surface area (Å²) in [5, 5.41) is 3.55. The predicted octanol–water partition coefficient (Wildman–Crippen LogP) is 5.90. The summed E-state index contributed by atoms with van der Waals surface area (Å²) in [6.07, 6.45) is 2.55. The van der Waals surface area contributed by atoms with Gasteiger partial charge in [0, 0.05) is 24.5 Å². The molecule has 3 aromatic carbocycles. The summed E-state index contributed by atoms with van der Waals surface area (Å²) in [4.78, 5) is 17.0. The van der Waals surface area contributed by atoms with E-state index in [9.17, 15) is 4.79 Å². The molecule has 0 aliphatic carbocycles. The number of nitrogens with zero attached hydrogens (tertiary/aromatic N) is 2. The maximum atomic E-state index is 12.2. The highest BCUT2D eigenvalue weighted by atomic mass is 35.5. The van der Waals surface area contributed by atoms with Crippen molar-refractivity contribution in [3.63, 3.8) is 0 Å². The van der Waals surface area contributed by atoms with Gasteiger partial charge in [-0.25, -0.2) is 4.98 Å². The first-order valence-corrected chi connectivity index (χ1v) is 12.7. The molecule has 0 spiro atoms. The number of carbonyl (C=O) groups is 1. The molecule has 0 aliphatic heterocycles. The fourth-order valence-corrected chi connectivity index (χ4v) is 4.31. The molecule has 7 heteroatoms. The fraction of sp³-hybridized carbons (Fsp3) is 0.310. The molecule has 4 aromatic rings. The summed E-state index contributed by atoms with van der Waals surface area (Å²) in [5.74, 6) is 2.33. The molecule has 1 N–H and O–H groups in total. The normalized spacial score (nSPS) is 11.0. The van der Waals surface area contributed by atoms with Crippen molar-refractivity contribution in [1.29, 1.82) is 0 Å². The van der Waals surface area contributed by atoms with Gasteiger partial charge in [-0.2, -0.15) is 0 Å². The highest BCUT2D eigenvalue weighted by Gasteiger charge is 2.11. The van der Waals surface area contributed by atoms with Crippen LogP contribution in [0.3, 0.4) is 0 Å². The molecule has 36 heavy (non-hydrogen) atoms. The number of hydrogen-bond acceptors (Lipinski definition) is 4. The van der Waals surface area contributed by atoms with Gasteiger partial charge in [0.15, 0.2) is 6.61 Å². The summed E-state index contributed by atoms with van der Waals surface area (Å²) in [6.45, 7) is 6.13. The molecule has 0 saturated carbocycles. The largest absolute Gasteiger partial charge is 0.494 e. The highest BCUT2D eigenvalue weighted by molar-refractivity contribution is 6.30. The molecule has 1 amide bonds. The molecular weight excluding hydrogens is 474 g/mol. The Morgan fingerprint density at radius 1 is 0.944 bits per heavy atom. The lowest BCUT2D eigenvalue weighted by atomic mass is 10.1. The van der Waals surface area contributed by atoms with E-state index in [1.807, 2.05) is 18.2 Å². The van der Waals surface area contributed by atoms with Gasteiger partial charge in [0.05, 0.1) is 17.6 Å². The number of benzene rings is 3. The number of unbranched alkanes of at least 4 members (excludes halogenated alkanes) is 1. The zero-order chi connectivity index (χ0) is 25.3. The summed E-state index contributed by atoms with van der Waals surface area (Å²) >= 11 is 5.88. The number of halogens is 1. The van der Waals surface area contributed by atoms with Gasteiger partial charge in [-0.3, -0.25) is 4.79 Å². The van der Waals surface area contributed by atoms with Gasteiger partial charge in [0.2, 0.25) is 0 Å². The summed E-state index contributed by atoms with van der Waals surface area (Å²) in [5.41, 5.74) is 4.50. The van der Waals surface area contributed by atoms with Crippen LogP contribution < -0.4 is 14.8 Å². The van der Waals surface area contributed by atoms with Crippen LogP contribution in [0, 0.1) is 13.8 Å². The Labute approximate surface area is 217 Å². The number of carbonyl (C=O) groups excluding carboxylic acids is 1. The summed E-state index contributed by atoms with van der Waals surface area (Å²) < 4.78 is 13.7. The van der Waals surface area contributed by atoms with E-state index in [-0.39, 0.29) is 12.5 Å². The molecule has 0 bridgehead atoms. The molecule has 4 rings (SSSR count). The number of amides is 1. The first-order chi connectivity index (χ1) is 17.5. The number of fused-ring (bicyclic) bond motifs is 1. The predicted molar refractivity (Wildman–Crippen MR) is 144 cm³/mol. The Hall–Kier alpha value is -3.51. The molecule has 1 heterocycles. The number of aromatic nitrogens is 2. The van der Waals surface area contributed by atoms with Crippen molar-refractivity contribution in [2.24, 2.45) is 0 Å². The molecule has 6 nitrogen and oxygen atoms in total. The van der Waals surface area contributed by atoms with E-state index in [1.165, 1.54) is 11.1 Å². The number of hydrogen-bond donors (Lipinski definition) is 1. The van der Waals surface area contributed by atoms with Gasteiger partial charge in [-0.05, 0) is 86.3 Å². The standard InChI is InChI=1S/C29H32ClN3O3/c1-21-17-22(2)19-25(18-21)35-16-6-5-15-33-27-8-4-3-7-26(27)32-28(33)13-14-31-29(34)20-36-24-11-9-23(30)10-12-24/h3-4,7-12,17-19H,5-6,13-16,20H2,1-2H3,(H,31,34). The Balaban J connectivity index is 1.26. The lowest BCUT2D eigenvalue weighted by Gasteiger charge is -2.11. The van der Waals surface area contributed by atoms with Crippen LogP contribution in [0.5, 0.6) is 11.5 Å². The van der Waals surface area contributed by atoms with Crippen molar-refractivity contribution < 1.29 is 14.3 Å². The second kappa shape index (κ2) is 12.5. The molecule has 0 saturated heterocycles. The molecule has 0 aliphatic rings. The topological polar surface area (TPSA) is 65.4 Å². The van der Waals surface area contributed by atoms with Crippen molar-refractivity contribution in [2.75, 3.05) is 19.8 Å².